The molecular formula is C38H67N5O9. The minimum absolute atomic E-state index is 0.0123. The molecule has 298 valence electrons. The van der Waals surface area contributed by atoms with E-state index in [2.05, 4.69) is 26.6 Å². The first kappa shape index (κ1) is 48.2. The number of unbranched alkanes of at least 4 members (excludes halogenated alkanes) is 9. The molecule has 5 amide bonds. The average molecular weight is 738 g/mol. The third-order valence-corrected chi connectivity index (χ3v) is 8.24. The lowest BCUT2D eigenvalue weighted by atomic mass is 10.1. The quantitative estimate of drug-likeness (QED) is 0.0480. The topological polar surface area (TPSA) is 206 Å². The molecule has 0 aliphatic rings. The molecule has 14 heteroatoms. The van der Waals surface area contributed by atoms with Crippen molar-refractivity contribution in [1.29, 1.82) is 0 Å². The van der Waals surface area contributed by atoms with Crippen molar-refractivity contribution >= 4 is 47.1 Å². The molecule has 0 saturated heterocycles. The van der Waals surface area contributed by atoms with Crippen LogP contribution in [0.3, 0.4) is 0 Å². The molecule has 14 nitrogen and oxygen atoms in total. The van der Waals surface area contributed by atoms with Gasteiger partial charge in [-0.1, -0.05) is 32.6 Å². The number of amides is 5. The van der Waals surface area contributed by atoms with Gasteiger partial charge in [-0.15, -0.1) is 0 Å². The second-order valence-electron chi connectivity index (χ2n) is 13.4. The summed E-state index contributed by atoms with van der Waals surface area (Å²) in [7, 11) is 0. The van der Waals surface area contributed by atoms with Gasteiger partial charge in [0, 0.05) is 58.2 Å². The van der Waals surface area contributed by atoms with Crippen LogP contribution in [-0.4, -0.2) is 85.9 Å². The van der Waals surface area contributed by atoms with Crippen LogP contribution in [0.25, 0.3) is 0 Å². The van der Waals surface area contributed by atoms with Crippen LogP contribution in [0.1, 0.15) is 156 Å². The number of hydrogen-bond acceptors (Lipinski definition) is 9. The van der Waals surface area contributed by atoms with E-state index in [0.29, 0.717) is 64.6 Å². The Morgan fingerprint density at radius 2 is 0.942 bits per heavy atom. The first-order valence-electron chi connectivity index (χ1n) is 19.5. The highest BCUT2D eigenvalue weighted by atomic mass is 16.5. The molecule has 0 saturated carbocycles. The maximum Gasteiger partial charge on any atom is 0.305 e. The molecular weight excluding hydrogens is 670 g/mol. The van der Waals surface area contributed by atoms with Crippen molar-refractivity contribution in [1.82, 2.24) is 26.6 Å². The van der Waals surface area contributed by atoms with Gasteiger partial charge in [0.25, 0.3) is 0 Å². The van der Waals surface area contributed by atoms with Crippen LogP contribution >= 0.6 is 0 Å². The molecule has 0 heterocycles. The number of nitrogens with one attached hydrogen (secondary N) is 5. The Balaban J connectivity index is 4.35. The number of Topliss-reactive ketones (excluding diaryl/α,β-unsaturated/α-hetero) is 2. The fourth-order valence-corrected chi connectivity index (χ4v) is 5.11. The molecule has 5 N–H and O–H groups in total. The molecule has 1 unspecified atom stereocenters. The van der Waals surface area contributed by atoms with E-state index < -0.39 is 23.8 Å². The van der Waals surface area contributed by atoms with Gasteiger partial charge in [0.15, 0.2) is 0 Å². The molecule has 0 aromatic carbocycles. The number of carbonyl (C=O) groups is 8. The van der Waals surface area contributed by atoms with E-state index >= 15 is 0 Å². The van der Waals surface area contributed by atoms with Crippen molar-refractivity contribution in [3.8, 4) is 0 Å². The van der Waals surface area contributed by atoms with Crippen molar-refractivity contribution in [2.45, 2.75) is 162 Å². The van der Waals surface area contributed by atoms with Gasteiger partial charge in [0.05, 0.1) is 13.2 Å². The zero-order valence-corrected chi connectivity index (χ0v) is 32.1. The van der Waals surface area contributed by atoms with Crippen LogP contribution in [0.5, 0.6) is 0 Å². The minimum Gasteiger partial charge on any atom is -0.466 e. The van der Waals surface area contributed by atoms with Gasteiger partial charge in [-0.05, 0) is 84.5 Å². The molecule has 0 aliphatic carbocycles. The fraction of sp³-hybridized carbons (Fsp3) is 0.789. The van der Waals surface area contributed by atoms with Gasteiger partial charge in [0.2, 0.25) is 29.5 Å². The predicted molar refractivity (Wildman–Crippen MR) is 199 cm³/mol. The van der Waals surface area contributed by atoms with E-state index in [1.165, 1.54) is 13.8 Å². The number of carbonyl (C=O) groups excluding carboxylic acids is 8. The maximum absolute atomic E-state index is 12.9. The third-order valence-electron chi connectivity index (χ3n) is 8.24. The monoisotopic (exact) mass is 737 g/mol. The lowest BCUT2D eigenvalue weighted by Gasteiger charge is -2.18. The van der Waals surface area contributed by atoms with Crippen LogP contribution in [0.2, 0.25) is 0 Å². The summed E-state index contributed by atoms with van der Waals surface area (Å²) >= 11 is 0. The molecule has 0 radical (unpaired) electrons. The number of hydrogen-bond donors (Lipinski definition) is 5. The molecule has 1 atom stereocenters. The van der Waals surface area contributed by atoms with Crippen molar-refractivity contribution in [2.75, 3.05) is 32.8 Å². The summed E-state index contributed by atoms with van der Waals surface area (Å²) in [4.78, 5) is 95.9. The van der Waals surface area contributed by atoms with Gasteiger partial charge < -0.3 is 40.9 Å². The Hall–Kier alpha value is -3.84. The van der Waals surface area contributed by atoms with E-state index in [9.17, 15) is 38.4 Å². The largest absolute Gasteiger partial charge is 0.466 e. The van der Waals surface area contributed by atoms with Crippen molar-refractivity contribution in [3.05, 3.63) is 0 Å². The summed E-state index contributed by atoms with van der Waals surface area (Å²) in [5, 5.41) is 13.7. The Bertz CT molecular complexity index is 1080. The van der Waals surface area contributed by atoms with Crippen molar-refractivity contribution < 1.29 is 43.1 Å². The molecule has 0 aromatic rings. The van der Waals surface area contributed by atoms with E-state index in [1.54, 1.807) is 0 Å². The summed E-state index contributed by atoms with van der Waals surface area (Å²) in [5.74, 6) is -1.50. The molecule has 0 rings (SSSR count). The molecule has 52 heavy (non-hydrogen) atoms. The fourth-order valence-electron chi connectivity index (χ4n) is 5.11. The SMILES string of the molecule is CCCCC(=O)NCCCCCC(=O)NCCCCCC(=O)NCC(=O)NC(CCC(=O)OCCCCCC(C)=O)C(=O)NCCCCCC(C)=O. The summed E-state index contributed by atoms with van der Waals surface area (Å²) in [6.07, 6.45) is 12.8. The van der Waals surface area contributed by atoms with E-state index in [-0.39, 0.29) is 61.7 Å². The Labute approximate surface area is 310 Å². The zero-order chi connectivity index (χ0) is 38.8. The standard InChI is InChI=1S/C38H67N5O9/c1-4-5-20-33(46)39-25-14-7-12-21-34(47)40-26-15-8-13-22-35(48)42-29-36(49)43-32(38(51)41-27-16-6-10-18-30(2)44)23-24-37(50)52-28-17-9-11-19-31(3)45/h32H,4-29H2,1-3H3,(H,39,46)(H,40,47)(H,41,51)(H,42,48)(H,43,49). The van der Waals surface area contributed by atoms with Crippen LogP contribution in [0, 0.1) is 0 Å². The van der Waals surface area contributed by atoms with E-state index in [0.717, 1.165) is 70.6 Å². The van der Waals surface area contributed by atoms with Gasteiger partial charge in [0.1, 0.15) is 17.6 Å². The second kappa shape index (κ2) is 33.0. The number of esters is 1. The first-order valence-corrected chi connectivity index (χ1v) is 19.5. The summed E-state index contributed by atoms with van der Waals surface area (Å²) in [5.41, 5.74) is 0. The lowest BCUT2D eigenvalue weighted by molar-refractivity contribution is -0.144. The maximum atomic E-state index is 12.9. The Kier molecular flexibility index (Phi) is 30.6. The zero-order valence-electron chi connectivity index (χ0n) is 32.1. The molecule has 0 fully saturated rings. The van der Waals surface area contributed by atoms with Crippen molar-refractivity contribution in [2.24, 2.45) is 0 Å². The second-order valence-corrected chi connectivity index (χ2v) is 13.4. The number of ketones is 2. The normalized spacial score (nSPS) is 11.2. The predicted octanol–water partition coefficient (Wildman–Crippen LogP) is 3.87. The first-order chi connectivity index (χ1) is 24.9. The highest BCUT2D eigenvalue weighted by Gasteiger charge is 2.22. The highest BCUT2D eigenvalue weighted by Crippen LogP contribution is 2.06. The average Bonchev–Trinajstić information content (AvgIpc) is 3.10. The van der Waals surface area contributed by atoms with Gasteiger partial charge >= 0.3 is 5.97 Å². The summed E-state index contributed by atoms with van der Waals surface area (Å²) in [6.45, 7) is 6.52. The van der Waals surface area contributed by atoms with Crippen LogP contribution in [-0.2, 0) is 43.1 Å². The Morgan fingerprint density at radius 1 is 0.481 bits per heavy atom. The molecule has 0 aliphatic heterocycles. The van der Waals surface area contributed by atoms with Crippen LogP contribution in [0.4, 0.5) is 0 Å². The Morgan fingerprint density at radius 3 is 1.46 bits per heavy atom. The summed E-state index contributed by atoms with van der Waals surface area (Å²) in [6, 6.07) is -0.997. The van der Waals surface area contributed by atoms with Crippen LogP contribution < -0.4 is 26.6 Å². The van der Waals surface area contributed by atoms with Gasteiger partial charge in [-0.2, -0.15) is 0 Å². The van der Waals surface area contributed by atoms with E-state index in [4.69, 9.17) is 4.74 Å². The number of rotatable bonds is 34. The molecule has 0 aromatic heterocycles. The van der Waals surface area contributed by atoms with Crippen molar-refractivity contribution in [3.63, 3.8) is 0 Å². The van der Waals surface area contributed by atoms with Gasteiger partial charge in [-0.25, -0.2) is 0 Å². The smallest absolute Gasteiger partial charge is 0.305 e. The highest BCUT2D eigenvalue weighted by molar-refractivity contribution is 5.90. The number of ether oxygens (including phenoxy) is 1. The van der Waals surface area contributed by atoms with Gasteiger partial charge in [-0.3, -0.25) is 28.8 Å². The van der Waals surface area contributed by atoms with E-state index in [1.807, 2.05) is 6.92 Å². The minimum atomic E-state index is -0.997. The summed E-state index contributed by atoms with van der Waals surface area (Å²) < 4.78 is 5.24. The third kappa shape index (κ3) is 32.1. The lowest BCUT2D eigenvalue weighted by Crippen LogP contribution is -2.49. The molecule has 0 bridgehead atoms. The van der Waals surface area contributed by atoms with Crippen LogP contribution in [0.15, 0.2) is 0 Å². The molecule has 0 spiro atoms.